The van der Waals surface area contributed by atoms with Crippen LogP contribution in [0.25, 0.3) is 0 Å². The molecule has 1 aromatic heterocycles. The van der Waals surface area contributed by atoms with Crippen molar-refractivity contribution in [3.8, 4) is 0 Å². The number of nitrogens with zero attached hydrogens (tertiary/aromatic N) is 4. The molecule has 0 radical (unpaired) electrons. The number of halogens is 3. The smallest absolute Gasteiger partial charge is 0.337 e. The van der Waals surface area contributed by atoms with Gasteiger partial charge in [0.05, 0.1) is 5.56 Å². The summed E-state index contributed by atoms with van der Waals surface area (Å²) < 4.78 is 40.2. The molecule has 1 aliphatic rings. The van der Waals surface area contributed by atoms with Crippen molar-refractivity contribution in [2.24, 2.45) is 13.0 Å². The molecule has 1 aliphatic heterocycles. The van der Waals surface area contributed by atoms with Crippen molar-refractivity contribution in [3.63, 3.8) is 0 Å². The molecular formula is C27H31F3N4O. The van der Waals surface area contributed by atoms with E-state index < -0.39 is 11.7 Å². The van der Waals surface area contributed by atoms with E-state index in [1.165, 1.54) is 5.56 Å². The van der Waals surface area contributed by atoms with Crippen LogP contribution in [0.3, 0.4) is 0 Å². The molecule has 2 aromatic carbocycles. The highest BCUT2D eigenvalue weighted by molar-refractivity contribution is 5.92. The van der Waals surface area contributed by atoms with E-state index in [1.807, 2.05) is 30.1 Å². The molecule has 5 nitrogen and oxygen atoms in total. The second-order valence-electron chi connectivity index (χ2n) is 9.36. The van der Waals surface area contributed by atoms with Gasteiger partial charge < -0.3 is 4.90 Å². The lowest BCUT2D eigenvalue weighted by Crippen LogP contribution is -2.47. The lowest BCUT2D eigenvalue weighted by molar-refractivity contribution is -0.137. The Bertz CT molecular complexity index is 1100. The third kappa shape index (κ3) is 6.31. The van der Waals surface area contributed by atoms with Crippen molar-refractivity contribution in [3.05, 3.63) is 89.2 Å². The second-order valence-corrected chi connectivity index (χ2v) is 9.36. The lowest BCUT2D eigenvalue weighted by atomic mass is 9.84. The number of benzene rings is 2. The molecule has 0 aliphatic carbocycles. The van der Waals surface area contributed by atoms with Gasteiger partial charge in [-0.25, -0.2) is 0 Å². The van der Waals surface area contributed by atoms with Crippen LogP contribution < -0.4 is 0 Å². The normalized spacial score (nSPS) is 16.3. The summed E-state index contributed by atoms with van der Waals surface area (Å²) in [5, 5.41) is 4.29. The molecule has 0 bridgehead atoms. The molecule has 35 heavy (non-hydrogen) atoms. The molecule has 0 N–H and O–H groups in total. The van der Waals surface area contributed by atoms with E-state index >= 15 is 0 Å². The highest BCUT2D eigenvalue weighted by Crippen LogP contribution is 2.30. The molecule has 1 fully saturated rings. The van der Waals surface area contributed by atoms with Gasteiger partial charge in [-0.2, -0.15) is 18.3 Å². The van der Waals surface area contributed by atoms with Crippen LogP contribution in [0.15, 0.2) is 66.9 Å². The van der Waals surface area contributed by atoms with E-state index in [4.69, 9.17) is 0 Å². The number of hydrogen-bond donors (Lipinski definition) is 0. The van der Waals surface area contributed by atoms with Crippen LogP contribution in [0.4, 0.5) is 13.2 Å². The zero-order valence-electron chi connectivity index (χ0n) is 20.1. The standard InChI is InChI=1S/C27H31F3N4O/c1-32-15-14-24(31-32)26(35)33(2)25(18-20-6-4-3-5-7-20)22-12-16-34(17-13-22)19-21-8-10-23(11-9-21)27(28,29)30/h3-11,14-15,22,25H,12-13,16-19H2,1-2H3/t25-/m0/s1. The monoisotopic (exact) mass is 484 g/mol. The summed E-state index contributed by atoms with van der Waals surface area (Å²) in [6.07, 6.45) is 0.0474. The van der Waals surface area contributed by atoms with E-state index in [0.29, 0.717) is 18.2 Å². The number of aryl methyl sites for hydroxylation is 1. The van der Waals surface area contributed by atoms with Crippen molar-refractivity contribution in [1.82, 2.24) is 19.6 Å². The maximum atomic E-state index is 13.2. The highest BCUT2D eigenvalue weighted by atomic mass is 19.4. The van der Waals surface area contributed by atoms with Crippen molar-refractivity contribution < 1.29 is 18.0 Å². The van der Waals surface area contributed by atoms with Crippen LogP contribution in [0.2, 0.25) is 0 Å². The first-order valence-corrected chi connectivity index (χ1v) is 11.9. The summed E-state index contributed by atoms with van der Waals surface area (Å²) in [5.74, 6) is 0.232. The average Bonchev–Trinajstić information content (AvgIpc) is 3.29. The number of likely N-dealkylation sites (N-methyl/N-ethyl adjacent to an activating group) is 1. The fraction of sp³-hybridized carbons (Fsp3) is 0.407. The van der Waals surface area contributed by atoms with Crippen LogP contribution in [-0.4, -0.2) is 51.7 Å². The van der Waals surface area contributed by atoms with Crippen LogP contribution in [0.5, 0.6) is 0 Å². The third-order valence-corrected chi connectivity index (χ3v) is 6.90. The SMILES string of the molecule is CN(C(=O)c1ccn(C)n1)[C@@H](Cc1ccccc1)C1CCN(Cc2ccc(C(F)(F)F)cc2)CC1. The van der Waals surface area contributed by atoms with Gasteiger partial charge in [-0.15, -0.1) is 0 Å². The molecule has 0 spiro atoms. The van der Waals surface area contributed by atoms with E-state index in [2.05, 4.69) is 22.1 Å². The van der Waals surface area contributed by atoms with Gasteiger partial charge in [-0.05, 0) is 67.6 Å². The van der Waals surface area contributed by atoms with Gasteiger partial charge in [0.2, 0.25) is 0 Å². The molecule has 186 valence electrons. The van der Waals surface area contributed by atoms with Crippen LogP contribution in [0, 0.1) is 5.92 Å². The molecule has 8 heteroatoms. The Morgan fingerprint density at radius 3 is 2.26 bits per heavy atom. The largest absolute Gasteiger partial charge is 0.416 e. The number of piperidine rings is 1. The van der Waals surface area contributed by atoms with Gasteiger partial charge in [0, 0.05) is 32.9 Å². The summed E-state index contributed by atoms with van der Waals surface area (Å²) in [4.78, 5) is 17.3. The molecule has 0 unspecified atom stereocenters. The predicted molar refractivity (Wildman–Crippen MR) is 129 cm³/mol. The quantitative estimate of drug-likeness (QED) is 0.472. The number of rotatable bonds is 7. The Balaban J connectivity index is 1.42. The van der Waals surface area contributed by atoms with Gasteiger partial charge in [-0.1, -0.05) is 42.5 Å². The first kappa shape index (κ1) is 25.0. The Morgan fingerprint density at radius 1 is 1.03 bits per heavy atom. The van der Waals surface area contributed by atoms with Crippen LogP contribution in [-0.2, 0) is 26.2 Å². The number of carbonyl (C=O) groups excluding carboxylic acids is 1. The van der Waals surface area contributed by atoms with Crippen LogP contribution >= 0.6 is 0 Å². The minimum Gasteiger partial charge on any atom is -0.337 e. The molecular weight excluding hydrogens is 453 g/mol. The topological polar surface area (TPSA) is 41.4 Å². The lowest BCUT2D eigenvalue weighted by Gasteiger charge is -2.40. The molecule has 1 atom stereocenters. The molecule has 4 rings (SSSR count). The maximum absolute atomic E-state index is 13.2. The number of likely N-dealkylation sites (tertiary alicyclic amines) is 1. The molecule has 2 heterocycles. The number of aromatic nitrogens is 2. The van der Waals surface area contributed by atoms with E-state index in [9.17, 15) is 18.0 Å². The van der Waals surface area contributed by atoms with Crippen molar-refractivity contribution in [2.45, 2.75) is 38.0 Å². The van der Waals surface area contributed by atoms with Gasteiger partial charge in [0.25, 0.3) is 5.91 Å². The van der Waals surface area contributed by atoms with Crippen molar-refractivity contribution in [2.75, 3.05) is 20.1 Å². The van der Waals surface area contributed by atoms with Gasteiger partial charge in [0.15, 0.2) is 0 Å². The number of carbonyl (C=O) groups is 1. The maximum Gasteiger partial charge on any atom is 0.416 e. The Morgan fingerprint density at radius 2 is 1.69 bits per heavy atom. The van der Waals surface area contributed by atoms with Gasteiger partial charge in [0.1, 0.15) is 5.69 Å². The molecule has 1 saturated heterocycles. The fourth-order valence-electron chi connectivity index (χ4n) is 4.89. The summed E-state index contributed by atoms with van der Waals surface area (Å²) >= 11 is 0. The van der Waals surface area contributed by atoms with E-state index in [0.717, 1.165) is 50.0 Å². The van der Waals surface area contributed by atoms with Crippen LogP contribution in [0.1, 0.15) is 40.0 Å². The summed E-state index contributed by atoms with van der Waals surface area (Å²) in [6.45, 7) is 2.29. The zero-order chi connectivity index (χ0) is 25.0. The Kier molecular flexibility index (Phi) is 7.60. The minimum atomic E-state index is -4.32. The molecule has 0 saturated carbocycles. The third-order valence-electron chi connectivity index (χ3n) is 6.90. The van der Waals surface area contributed by atoms with Gasteiger partial charge in [-0.3, -0.25) is 14.4 Å². The Labute approximate surface area is 204 Å². The highest BCUT2D eigenvalue weighted by Gasteiger charge is 2.33. The van der Waals surface area contributed by atoms with Crippen molar-refractivity contribution in [1.29, 1.82) is 0 Å². The first-order valence-electron chi connectivity index (χ1n) is 11.9. The average molecular weight is 485 g/mol. The first-order chi connectivity index (χ1) is 16.7. The molecule has 1 amide bonds. The van der Waals surface area contributed by atoms with Crippen molar-refractivity contribution >= 4 is 5.91 Å². The molecule has 3 aromatic rings. The fourth-order valence-corrected chi connectivity index (χ4v) is 4.89. The minimum absolute atomic E-state index is 0.0279. The predicted octanol–water partition coefficient (Wildman–Crippen LogP) is 5.03. The summed E-state index contributed by atoms with van der Waals surface area (Å²) in [6, 6.07) is 17.4. The van der Waals surface area contributed by atoms with E-state index in [1.54, 1.807) is 36.1 Å². The number of alkyl halides is 3. The van der Waals surface area contributed by atoms with E-state index in [-0.39, 0.29) is 11.9 Å². The number of hydrogen-bond acceptors (Lipinski definition) is 3. The Hall–Kier alpha value is -3.13. The zero-order valence-corrected chi connectivity index (χ0v) is 20.1. The van der Waals surface area contributed by atoms with Gasteiger partial charge >= 0.3 is 6.18 Å². The number of amides is 1. The summed E-state index contributed by atoms with van der Waals surface area (Å²) in [7, 11) is 3.66. The second kappa shape index (κ2) is 10.6. The summed E-state index contributed by atoms with van der Waals surface area (Å²) in [5.41, 5.74) is 1.88.